The number of thiazole rings is 1. The summed E-state index contributed by atoms with van der Waals surface area (Å²) in [6, 6.07) is 8.82. The Morgan fingerprint density at radius 2 is 1.78 bits per heavy atom. The number of halogens is 4. The Hall–Kier alpha value is -4.89. The maximum atomic E-state index is 14.8. The number of aromatic nitrogens is 1. The molecule has 67 heavy (non-hydrogen) atoms. The molecule has 4 aliphatic rings. The van der Waals surface area contributed by atoms with E-state index in [1.165, 1.54) is 17.8 Å². The minimum absolute atomic E-state index is 0.0192. The van der Waals surface area contributed by atoms with E-state index in [1.807, 2.05) is 21.2 Å². The molecule has 2 saturated heterocycles. The van der Waals surface area contributed by atoms with Crippen LogP contribution >= 0.6 is 11.3 Å². The molecule has 4 heterocycles. The number of hydrogen-bond acceptors (Lipinski definition) is 12. The number of morpholine rings is 1. The van der Waals surface area contributed by atoms with Gasteiger partial charge in [-0.25, -0.2) is 14.2 Å². The number of phenolic OH excluding ortho intramolecular Hbond substituents is 1. The van der Waals surface area contributed by atoms with Crippen molar-refractivity contribution in [2.45, 2.75) is 108 Å². The van der Waals surface area contributed by atoms with E-state index in [1.54, 1.807) is 18.2 Å². The number of nitrogens with one attached hydrogen (secondary N) is 2. The number of fused-ring (bicyclic) bond motifs is 1. The van der Waals surface area contributed by atoms with Crippen LogP contribution in [-0.2, 0) is 43.2 Å². The molecule has 0 atom stereocenters. The van der Waals surface area contributed by atoms with Crippen molar-refractivity contribution in [1.82, 2.24) is 25.0 Å². The minimum Gasteiger partial charge on any atom is -0.506 e. The lowest BCUT2D eigenvalue weighted by molar-refractivity contribution is -0.192. The molecule has 3 fully saturated rings. The SMILES string of the molecule is CC(C)c1nc(C(=O)N2CCOC3(CCN(Cc4cc(F)cc(CCOCCC(=O)N(CCNCCc5ccc(O)c6c5OCC(=O)N6)C5CCCCC5)c4)CC3)C2)cs1.O=C(O)C(F)(F)F. The smallest absolute Gasteiger partial charge is 0.490 e. The zero-order valence-corrected chi connectivity index (χ0v) is 39.0. The van der Waals surface area contributed by atoms with Gasteiger partial charge in [0, 0.05) is 56.6 Å². The third-order valence-electron chi connectivity index (χ3n) is 12.5. The number of benzene rings is 2. The highest BCUT2D eigenvalue weighted by Crippen LogP contribution is 2.39. The van der Waals surface area contributed by atoms with Crippen LogP contribution < -0.4 is 15.4 Å². The highest BCUT2D eigenvalue weighted by atomic mass is 32.1. The molecule has 2 aromatic carbocycles. The summed E-state index contributed by atoms with van der Waals surface area (Å²) < 4.78 is 64.5. The maximum absolute atomic E-state index is 14.8. The molecule has 3 aliphatic heterocycles. The van der Waals surface area contributed by atoms with Gasteiger partial charge >= 0.3 is 12.1 Å². The van der Waals surface area contributed by atoms with Crippen LogP contribution in [0, 0.1) is 5.82 Å². The summed E-state index contributed by atoms with van der Waals surface area (Å²) in [7, 11) is 0. The van der Waals surface area contributed by atoms with Crippen molar-refractivity contribution in [1.29, 1.82) is 0 Å². The molecule has 7 rings (SSSR count). The Morgan fingerprint density at radius 3 is 2.48 bits per heavy atom. The number of carboxylic acids is 1. The number of hydrogen-bond donors (Lipinski definition) is 4. The number of ether oxygens (including phenoxy) is 3. The number of rotatable bonds is 17. The van der Waals surface area contributed by atoms with E-state index in [0.29, 0.717) is 101 Å². The number of aliphatic carboxylic acids is 1. The Balaban J connectivity index is 0.000000980. The van der Waals surface area contributed by atoms with Crippen LogP contribution in [0.5, 0.6) is 11.5 Å². The summed E-state index contributed by atoms with van der Waals surface area (Å²) in [5, 5.41) is 26.3. The Bertz CT molecular complexity index is 2160. The number of piperidine rings is 1. The van der Waals surface area contributed by atoms with Gasteiger partial charge in [0.25, 0.3) is 11.8 Å². The van der Waals surface area contributed by atoms with Crippen LogP contribution in [-0.4, -0.2) is 144 Å². The molecule has 4 N–H and O–H groups in total. The number of nitrogens with zero attached hydrogens (tertiary/aromatic N) is 4. The standard InChI is InChI=1S/C45H61FN6O7S.C2HF3O2/c1-31(2)43-48-37(29-60-43)44(56)51-20-23-59-45(30-51)13-17-50(18-14-45)27-33-24-32(25-35(46)26-33)11-21-57-22-12-40(55)52(36-6-4-3-5-7-36)19-16-47-15-10-34-8-9-38(53)41-42(34)58-28-39(54)49-41;3-2(4,5)1(6)7/h8-9,24-26,29,31,36,47,53H,3-7,10-23,27-28,30H2,1-2H3,(H,49,54);(H,6,7). The number of phenols is 1. The van der Waals surface area contributed by atoms with Crippen LogP contribution in [0.3, 0.4) is 0 Å². The summed E-state index contributed by atoms with van der Waals surface area (Å²) in [5.74, 6) is -2.47. The maximum Gasteiger partial charge on any atom is 0.490 e. The predicted molar refractivity (Wildman–Crippen MR) is 242 cm³/mol. The van der Waals surface area contributed by atoms with Gasteiger partial charge in [-0.15, -0.1) is 11.3 Å². The van der Waals surface area contributed by atoms with E-state index in [-0.39, 0.29) is 47.5 Å². The lowest BCUT2D eigenvalue weighted by Gasteiger charge is -2.47. The first kappa shape index (κ1) is 51.5. The topological polar surface area (TPSA) is 183 Å². The molecule has 0 radical (unpaired) electrons. The molecule has 1 spiro atoms. The summed E-state index contributed by atoms with van der Waals surface area (Å²) in [6.45, 7) is 10.6. The molecular weight excluding hydrogens is 901 g/mol. The lowest BCUT2D eigenvalue weighted by atomic mass is 9.89. The van der Waals surface area contributed by atoms with Gasteiger partial charge in [-0.1, -0.05) is 45.2 Å². The fourth-order valence-electron chi connectivity index (χ4n) is 8.92. The Morgan fingerprint density at radius 1 is 1.04 bits per heavy atom. The highest BCUT2D eigenvalue weighted by molar-refractivity contribution is 7.09. The molecule has 1 aromatic heterocycles. The average Bonchev–Trinajstić information content (AvgIpc) is 3.80. The molecule has 0 unspecified atom stereocenters. The molecule has 368 valence electrons. The van der Waals surface area contributed by atoms with Gasteiger partial charge in [0.1, 0.15) is 22.9 Å². The highest BCUT2D eigenvalue weighted by Gasteiger charge is 2.42. The van der Waals surface area contributed by atoms with Crippen molar-refractivity contribution >= 4 is 40.7 Å². The molecule has 15 nitrogen and oxygen atoms in total. The molecule has 1 saturated carbocycles. The van der Waals surface area contributed by atoms with E-state index in [2.05, 4.69) is 40.4 Å². The number of likely N-dealkylation sites (tertiary alicyclic amines) is 1. The zero-order chi connectivity index (χ0) is 48.1. The normalized spacial score (nSPS) is 17.6. The minimum atomic E-state index is -5.08. The number of amides is 3. The first-order chi connectivity index (χ1) is 32.0. The number of carbonyl (C=O) groups is 4. The van der Waals surface area contributed by atoms with Gasteiger partial charge in [0.2, 0.25) is 5.91 Å². The first-order valence-corrected chi connectivity index (χ1v) is 23.9. The van der Waals surface area contributed by atoms with Crippen molar-refractivity contribution in [2.24, 2.45) is 0 Å². The third-order valence-corrected chi connectivity index (χ3v) is 13.6. The van der Waals surface area contributed by atoms with Crippen molar-refractivity contribution in [2.75, 3.05) is 77.6 Å². The Labute approximate surface area is 392 Å². The third kappa shape index (κ3) is 14.8. The number of anilines is 1. The predicted octanol–water partition coefficient (Wildman–Crippen LogP) is 6.53. The van der Waals surface area contributed by atoms with Crippen molar-refractivity contribution in [3.8, 4) is 11.5 Å². The molecular formula is C47H62F4N6O9S. The zero-order valence-electron chi connectivity index (χ0n) is 38.1. The molecule has 0 bridgehead atoms. The largest absolute Gasteiger partial charge is 0.506 e. The van der Waals surface area contributed by atoms with E-state index < -0.39 is 12.1 Å². The lowest BCUT2D eigenvalue weighted by Crippen LogP contribution is -2.58. The average molecular weight is 963 g/mol. The summed E-state index contributed by atoms with van der Waals surface area (Å²) in [6.07, 6.45) is 3.47. The summed E-state index contributed by atoms with van der Waals surface area (Å²) in [5.41, 5.74) is 3.15. The van der Waals surface area contributed by atoms with Crippen molar-refractivity contribution < 1.29 is 61.2 Å². The van der Waals surface area contributed by atoms with Crippen molar-refractivity contribution in [3.63, 3.8) is 0 Å². The van der Waals surface area contributed by atoms with Crippen LogP contribution in [0.15, 0.2) is 35.7 Å². The fraction of sp³-hybridized carbons (Fsp3) is 0.596. The molecule has 3 amide bonds. The molecule has 3 aromatic rings. The van der Waals surface area contributed by atoms with E-state index in [0.717, 1.165) is 73.3 Å². The second kappa shape index (κ2) is 23.9. The van der Waals surface area contributed by atoms with E-state index in [9.17, 15) is 37.1 Å². The molecule has 20 heteroatoms. The van der Waals surface area contributed by atoms with Crippen molar-refractivity contribution in [3.05, 3.63) is 68.9 Å². The van der Waals surface area contributed by atoms with Crippen LogP contribution in [0.1, 0.15) is 103 Å². The van der Waals surface area contributed by atoms with Gasteiger partial charge in [-0.3, -0.25) is 19.3 Å². The van der Waals surface area contributed by atoms with Crippen LogP contribution in [0.25, 0.3) is 0 Å². The number of carbonyl (C=O) groups excluding carboxylic acids is 3. The van der Waals surface area contributed by atoms with Gasteiger partial charge in [-0.05, 0) is 80.0 Å². The number of carboxylic acid groups (broad SMARTS) is 1. The second-order valence-electron chi connectivity index (χ2n) is 17.8. The van der Waals surface area contributed by atoms with Crippen LogP contribution in [0.2, 0.25) is 0 Å². The Kier molecular flexibility index (Phi) is 18.4. The van der Waals surface area contributed by atoms with Gasteiger partial charge < -0.3 is 44.9 Å². The summed E-state index contributed by atoms with van der Waals surface area (Å²) in [4.78, 5) is 58.3. The summed E-state index contributed by atoms with van der Waals surface area (Å²) >= 11 is 1.54. The quantitative estimate of drug-likeness (QED) is 0.0654. The fourth-order valence-corrected chi connectivity index (χ4v) is 9.73. The first-order valence-electron chi connectivity index (χ1n) is 23.0. The van der Waals surface area contributed by atoms with Gasteiger partial charge in [-0.2, -0.15) is 13.2 Å². The monoisotopic (exact) mass is 962 g/mol. The van der Waals surface area contributed by atoms with Gasteiger partial charge in [0.05, 0.1) is 43.4 Å². The molecule has 1 aliphatic carbocycles. The van der Waals surface area contributed by atoms with Crippen LogP contribution in [0.4, 0.5) is 23.2 Å². The van der Waals surface area contributed by atoms with E-state index >= 15 is 0 Å². The number of alkyl halides is 3. The second-order valence-corrected chi connectivity index (χ2v) is 18.7. The number of aromatic hydroxyl groups is 1. The van der Waals surface area contributed by atoms with Gasteiger partial charge in [0.15, 0.2) is 12.4 Å². The van der Waals surface area contributed by atoms with E-state index in [4.69, 9.17) is 24.1 Å².